The Morgan fingerprint density at radius 2 is 1.79 bits per heavy atom. The second-order valence-electron chi connectivity index (χ2n) is 6.97. The smallest absolute Gasteiger partial charge is 0.0861 e. The highest BCUT2D eigenvalue weighted by atomic mass is 16.3. The molecule has 2 nitrogen and oxygen atoms in total. The first-order chi connectivity index (χ1) is 9.07. The van der Waals surface area contributed by atoms with Crippen LogP contribution >= 0.6 is 0 Å². The van der Waals surface area contributed by atoms with Gasteiger partial charge in [0.15, 0.2) is 0 Å². The first-order valence-electron chi connectivity index (χ1n) is 8.21. The van der Waals surface area contributed by atoms with Gasteiger partial charge in [-0.25, -0.2) is 0 Å². The van der Waals surface area contributed by atoms with Gasteiger partial charge in [0.2, 0.25) is 0 Å². The number of rotatable bonds is 3. The lowest BCUT2D eigenvalue weighted by atomic mass is 9.56. The average Bonchev–Trinajstić information content (AvgIpc) is 2.47. The molecule has 0 spiro atoms. The fourth-order valence-corrected chi connectivity index (χ4v) is 4.51. The number of nitriles is 1. The summed E-state index contributed by atoms with van der Waals surface area (Å²) >= 11 is 0. The van der Waals surface area contributed by atoms with E-state index in [0.29, 0.717) is 11.8 Å². The summed E-state index contributed by atoms with van der Waals surface area (Å²) in [4.78, 5) is 0. The van der Waals surface area contributed by atoms with E-state index in [1.165, 1.54) is 38.5 Å². The maximum atomic E-state index is 11.4. The van der Waals surface area contributed by atoms with Gasteiger partial charge in [-0.1, -0.05) is 51.9 Å². The number of hydrogen-bond donors (Lipinski definition) is 1. The lowest BCUT2D eigenvalue weighted by Crippen LogP contribution is -2.55. The quantitative estimate of drug-likeness (QED) is 0.818. The molecule has 0 bridgehead atoms. The van der Waals surface area contributed by atoms with Gasteiger partial charge in [-0.3, -0.25) is 0 Å². The Kier molecular flexibility index (Phi) is 4.56. The summed E-state index contributed by atoms with van der Waals surface area (Å²) in [6.45, 7) is 4.03. The Bertz CT molecular complexity index is 342. The van der Waals surface area contributed by atoms with Crippen molar-refractivity contribution < 1.29 is 5.11 Å². The van der Waals surface area contributed by atoms with E-state index in [9.17, 15) is 10.4 Å². The summed E-state index contributed by atoms with van der Waals surface area (Å²) in [5, 5.41) is 21.0. The lowest BCUT2D eigenvalue weighted by Gasteiger charge is -2.51. The summed E-state index contributed by atoms with van der Waals surface area (Å²) in [6, 6.07) is 2.46. The molecule has 2 aliphatic rings. The highest BCUT2D eigenvalue weighted by molar-refractivity contribution is 5.13. The van der Waals surface area contributed by atoms with E-state index in [2.05, 4.69) is 6.07 Å². The Hall–Kier alpha value is -0.550. The van der Waals surface area contributed by atoms with Crippen molar-refractivity contribution in [3.63, 3.8) is 0 Å². The van der Waals surface area contributed by atoms with Crippen molar-refractivity contribution >= 4 is 0 Å². The molecule has 1 N–H and O–H groups in total. The monoisotopic (exact) mass is 263 g/mol. The topological polar surface area (TPSA) is 44.0 Å². The van der Waals surface area contributed by atoms with Crippen molar-refractivity contribution in [1.29, 1.82) is 5.26 Å². The maximum Gasteiger partial charge on any atom is 0.0861 e. The summed E-state index contributed by atoms with van der Waals surface area (Å²) in [6.07, 6.45) is 11.5. The van der Waals surface area contributed by atoms with E-state index < -0.39 is 11.0 Å². The Morgan fingerprint density at radius 3 is 2.37 bits per heavy atom. The van der Waals surface area contributed by atoms with Crippen LogP contribution in [0.4, 0.5) is 0 Å². The van der Waals surface area contributed by atoms with Crippen molar-refractivity contribution in [2.75, 3.05) is 0 Å². The molecule has 2 heteroatoms. The van der Waals surface area contributed by atoms with E-state index in [1.54, 1.807) is 0 Å². The van der Waals surface area contributed by atoms with Crippen molar-refractivity contribution in [1.82, 2.24) is 0 Å². The SMILES string of the molecule is CCC(C)(C#N)C1(O)CCCCC1C1CCCCC1. The largest absolute Gasteiger partial charge is 0.388 e. The minimum absolute atomic E-state index is 0.353. The van der Waals surface area contributed by atoms with Crippen LogP contribution in [0.15, 0.2) is 0 Å². The zero-order valence-electron chi connectivity index (χ0n) is 12.6. The molecular weight excluding hydrogens is 234 g/mol. The van der Waals surface area contributed by atoms with Crippen LogP contribution in [0.5, 0.6) is 0 Å². The lowest BCUT2D eigenvalue weighted by molar-refractivity contribution is -0.140. The highest BCUT2D eigenvalue weighted by Crippen LogP contribution is 2.52. The second-order valence-corrected chi connectivity index (χ2v) is 6.97. The van der Waals surface area contributed by atoms with Crippen molar-refractivity contribution in [3.8, 4) is 6.07 Å². The molecule has 3 atom stereocenters. The Balaban J connectivity index is 2.26. The Morgan fingerprint density at radius 1 is 1.16 bits per heavy atom. The fourth-order valence-electron chi connectivity index (χ4n) is 4.51. The highest BCUT2D eigenvalue weighted by Gasteiger charge is 2.54. The van der Waals surface area contributed by atoms with Crippen LogP contribution in [-0.2, 0) is 0 Å². The zero-order valence-corrected chi connectivity index (χ0v) is 12.6. The van der Waals surface area contributed by atoms with Crippen LogP contribution in [0, 0.1) is 28.6 Å². The molecule has 0 amide bonds. The molecule has 0 saturated heterocycles. The van der Waals surface area contributed by atoms with Crippen molar-refractivity contribution in [3.05, 3.63) is 0 Å². The fraction of sp³-hybridized carbons (Fsp3) is 0.941. The third kappa shape index (κ3) is 2.55. The second kappa shape index (κ2) is 5.83. The maximum absolute atomic E-state index is 11.4. The van der Waals surface area contributed by atoms with Crippen LogP contribution in [0.3, 0.4) is 0 Å². The van der Waals surface area contributed by atoms with Gasteiger partial charge in [-0.2, -0.15) is 5.26 Å². The van der Waals surface area contributed by atoms with Crippen molar-refractivity contribution in [2.45, 2.75) is 83.7 Å². The van der Waals surface area contributed by atoms with Gasteiger partial charge < -0.3 is 5.11 Å². The van der Waals surface area contributed by atoms with E-state index in [4.69, 9.17) is 0 Å². The third-order valence-electron chi connectivity index (χ3n) is 6.06. The molecule has 2 fully saturated rings. The predicted molar refractivity (Wildman–Crippen MR) is 77.5 cm³/mol. The molecule has 0 heterocycles. The van der Waals surface area contributed by atoms with Gasteiger partial charge in [0, 0.05) is 0 Å². The van der Waals surface area contributed by atoms with E-state index in [-0.39, 0.29) is 0 Å². The van der Waals surface area contributed by atoms with E-state index in [0.717, 1.165) is 25.7 Å². The molecule has 3 unspecified atom stereocenters. The van der Waals surface area contributed by atoms with Gasteiger partial charge >= 0.3 is 0 Å². The zero-order chi connectivity index (χ0) is 13.9. The van der Waals surface area contributed by atoms with Crippen LogP contribution in [0.1, 0.15) is 78.1 Å². The Labute approximate surface area is 118 Å². The predicted octanol–water partition coefficient (Wildman–Crippen LogP) is 4.43. The van der Waals surface area contributed by atoms with Gasteiger partial charge in [0.1, 0.15) is 0 Å². The molecule has 0 aromatic rings. The third-order valence-corrected chi connectivity index (χ3v) is 6.06. The number of aliphatic hydroxyl groups is 1. The molecule has 0 aliphatic heterocycles. The summed E-state index contributed by atoms with van der Waals surface area (Å²) < 4.78 is 0. The number of nitrogens with zero attached hydrogens (tertiary/aromatic N) is 1. The molecule has 2 saturated carbocycles. The number of hydrogen-bond acceptors (Lipinski definition) is 2. The van der Waals surface area contributed by atoms with Crippen LogP contribution < -0.4 is 0 Å². The normalized spacial score (nSPS) is 36.4. The van der Waals surface area contributed by atoms with Gasteiger partial charge in [0.25, 0.3) is 0 Å². The molecule has 0 radical (unpaired) electrons. The molecule has 19 heavy (non-hydrogen) atoms. The van der Waals surface area contributed by atoms with E-state index in [1.807, 2.05) is 13.8 Å². The van der Waals surface area contributed by atoms with Gasteiger partial charge in [-0.15, -0.1) is 0 Å². The molecule has 108 valence electrons. The molecule has 0 aromatic carbocycles. The standard InChI is InChI=1S/C17H29NO/c1-3-16(2,13-18)17(19)12-8-7-11-15(17)14-9-5-4-6-10-14/h14-15,19H,3-12H2,1-2H3. The molecule has 2 aliphatic carbocycles. The minimum Gasteiger partial charge on any atom is -0.388 e. The van der Waals surface area contributed by atoms with Gasteiger partial charge in [-0.05, 0) is 38.0 Å². The first kappa shape index (κ1) is 14.9. The molecule has 2 rings (SSSR count). The van der Waals surface area contributed by atoms with Crippen LogP contribution in [-0.4, -0.2) is 10.7 Å². The summed E-state index contributed by atoms with van der Waals surface area (Å²) in [7, 11) is 0. The minimum atomic E-state index is -0.753. The molecular formula is C17H29NO. The average molecular weight is 263 g/mol. The molecule has 0 aromatic heterocycles. The van der Waals surface area contributed by atoms with Crippen LogP contribution in [0.2, 0.25) is 0 Å². The summed E-state index contributed by atoms with van der Waals surface area (Å²) in [5.41, 5.74) is -1.33. The van der Waals surface area contributed by atoms with Crippen molar-refractivity contribution in [2.24, 2.45) is 17.3 Å². The summed E-state index contributed by atoms with van der Waals surface area (Å²) in [5.74, 6) is 1.00. The van der Waals surface area contributed by atoms with E-state index >= 15 is 0 Å². The first-order valence-corrected chi connectivity index (χ1v) is 8.21. The van der Waals surface area contributed by atoms with Gasteiger partial charge in [0.05, 0.1) is 17.1 Å². The van der Waals surface area contributed by atoms with Crippen LogP contribution in [0.25, 0.3) is 0 Å².